The van der Waals surface area contributed by atoms with Crippen molar-refractivity contribution in [1.29, 1.82) is 0 Å². The molecular formula is C47H71NO17. The number of hydrogen-bond donors (Lipinski definition) is 11. The number of ketones is 1. The Labute approximate surface area is 380 Å². The SMILES string of the molecule is C[C@@H]1[C@H](O)[C@@H](C)C=CC=CC=CC=CC=CC=CC=C[C@H](O[C@@H]2O[C@H](C)[C@@H](O)[C@H](N)[C@@H]2O)C[C@@H]2O[C@](O)(C[C@@H](O)[C@H](O)CCC(=O)C[C@@H](O)C[C@@H](O)CC(=O)O[C@H]1C)C[C@H](O)[C@H]2C(=O)O. The third-order valence-corrected chi connectivity index (χ3v) is 11.9. The van der Waals surface area contributed by atoms with E-state index in [1.165, 1.54) is 13.0 Å². The molecule has 2 saturated heterocycles. The van der Waals surface area contributed by atoms with Crippen LogP contribution in [0.2, 0.25) is 0 Å². The lowest BCUT2D eigenvalue weighted by molar-refractivity contribution is -0.310. The molecule has 2 fully saturated rings. The summed E-state index contributed by atoms with van der Waals surface area (Å²) in [5.41, 5.74) is 6.01. The van der Waals surface area contributed by atoms with E-state index in [0.717, 1.165) is 0 Å². The topological polar surface area (TPSA) is 316 Å². The van der Waals surface area contributed by atoms with Crippen LogP contribution in [0.5, 0.6) is 0 Å². The van der Waals surface area contributed by atoms with E-state index in [-0.39, 0.29) is 31.6 Å². The Kier molecular flexibility index (Phi) is 23.2. The summed E-state index contributed by atoms with van der Waals surface area (Å²) in [5, 5.41) is 107. The van der Waals surface area contributed by atoms with Gasteiger partial charge in [-0.15, -0.1) is 0 Å². The predicted octanol–water partition coefficient (Wildman–Crippen LogP) is 0.920. The van der Waals surface area contributed by atoms with Gasteiger partial charge in [0.05, 0.1) is 73.5 Å². The number of carbonyl (C=O) groups is 3. The number of ether oxygens (including phenoxy) is 4. The molecule has 3 rings (SSSR count). The van der Waals surface area contributed by atoms with Crippen molar-refractivity contribution >= 4 is 17.7 Å². The van der Waals surface area contributed by atoms with E-state index >= 15 is 0 Å². The van der Waals surface area contributed by atoms with Gasteiger partial charge in [0.1, 0.15) is 23.9 Å². The number of carboxylic acids is 1. The second-order valence-corrected chi connectivity index (χ2v) is 17.4. The number of carboxylic acid groups (broad SMARTS) is 1. The number of aliphatic carboxylic acids is 1. The van der Waals surface area contributed by atoms with Gasteiger partial charge in [-0.1, -0.05) is 98.9 Å². The van der Waals surface area contributed by atoms with Crippen LogP contribution < -0.4 is 5.73 Å². The molecule has 0 amide bonds. The Hall–Kier alpha value is -3.73. The quantitative estimate of drug-likeness (QED) is 0.175. The van der Waals surface area contributed by atoms with E-state index < -0.39 is 147 Å². The fourth-order valence-electron chi connectivity index (χ4n) is 7.82. The largest absolute Gasteiger partial charge is 0.481 e. The minimum Gasteiger partial charge on any atom is -0.481 e. The summed E-state index contributed by atoms with van der Waals surface area (Å²) >= 11 is 0. The summed E-state index contributed by atoms with van der Waals surface area (Å²) in [6.07, 6.45) is 3.67. The molecule has 18 atom stereocenters. The van der Waals surface area contributed by atoms with E-state index in [2.05, 4.69) is 0 Å². The highest BCUT2D eigenvalue weighted by molar-refractivity contribution is 5.78. The summed E-state index contributed by atoms with van der Waals surface area (Å²) in [4.78, 5) is 37.8. The smallest absolute Gasteiger partial charge is 0.311 e. The van der Waals surface area contributed by atoms with Crippen LogP contribution in [0.15, 0.2) is 85.1 Å². The molecule has 12 N–H and O–H groups in total. The predicted molar refractivity (Wildman–Crippen MR) is 236 cm³/mol. The Morgan fingerprint density at radius 2 is 1.23 bits per heavy atom. The van der Waals surface area contributed by atoms with Crippen LogP contribution in [0.4, 0.5) is 0 Å². The summed E-state index contributed by atoms with van der Waals surface area (Å²) in [6.45, 7) is 6.70. The fourth-order valence-corrected chi connectivity index (χ4v) is 7.82. The third-order valence-electron chi connectivity index (χ3n) is 11.9. The standard InChI is InChI=1S/C47H71NO17/c1-27-17-15-13-11-9-7-5-6-8-10-12-14-16-18-34(64-46-44(58)41(48)43(57)30(4)63-46)24-38-40(45(59)60)37(54)26-47(61,65-38)25-36(53)35(52)20-19-31(49)21-32(50)22-33(51)23-39(55)62-29(3)28(2)42(27)56/h5-18,27-30,32-38,40-44,46,50-54,56-58,61H,19-26,48H2,1-4H3,(H,59,60)/t27-,28-,29-,30+,32+,33+,34-,35+,36+,37-,38-,40+,41-,42+,43+,44-,46-,47+/m0/s1. The normalized spacial score (nSPS) is 40.9. The molecule has 3 aliphatic heterocycles. The monoisotopic (exact) mass is 921 g/mol. The number of carbonyl (C=O) groups excluding carboxylic acids is 2. The van der Waals surface area contributed by atoms with E-state index in [9.17, 15) is 65.4 Å². The molecule has 366 valence electrons. The molecule has 2 bridgehead atoms. The second kappa shape index (κ2) is 27.2. The molecule has 18 nitrogen and oxygen atoms in total. The van der Waals surface area contributed by atoms with Crippen molar-refractivity contribution in [1.82, 2.24) is 0 Å². The Morgan fingerprint density at radius 3 is 1.82 bits per heavy atom. The lowest BCUT2D eigenvalue weighted by Crippen LogP contribution is -2.61. The number of rotatable bonds is 3. The molecule has 0 aromatic heterocycles. The van der Waals surface area contributed by atoms with E-state index in [0.29, 0.717) is 0 Å². The molecule has 3 aliphatic rings. The van der Waals surface area contributed by atoms with Crippen LogP contribution in [0.25, 0.3) is 0 Å². The number of fused-ring (bicyclic) bond motifs is 2. The minimum absolute atomic E-state index is 0.291. The van der Waals surface area contributed by atoms with Crippen molar-refractivity contribution in [3.63, 3.8) is 0 Å². The number of hydrogen-bond acceptors (Lipinski definition) is 17. The van der Waals surface area contributed by atoms with Gasteiger partial charge < -0.3 is 75.7 Å². The first-order chi connectivity index (χ1) is 30.6. The number of cyclic esters (lactones) is 1. The van der Waals surface area contributed by atoms with E-state index in [1.807, 2.05) is 13.0 Å². The molecule has 0 aromatic rings. The molecule has 0 spiro atoms. The van der Waals surface area contributed by atoms with Gasteiger partial charge in [-0.3, -0.25) is 14.4 Å². The summed E-state index contributed by atoms with van der Waals surface area (Å²) in [6, 6.07) is -1.15. The van der Waals surface area contributed by atoms with Crippen LogP contribution in [-0.2, 0) is 33.3 Å². The highest BCUT2D eigenvalue weighted by atomic mass is 16.7. The maximum absolute atomic E-state index is 12.7. The molecule has 0 radical (unpaired) electrons. The Balaban J connectivity index is 1.86. The average molecular weight is 922 g/mol. The highest BCUT2D eigenvalue weighted by Gasteiger charge is 2.51. The first-order valence-electron chi connectivity index (χ1n) is 22.2. The van der Waals surface area contributed by atoms with Gasteiger partial charge in [0.2, 0.25) is 0 Å². The summed E-state index contributed by atoms with van der Waals surface area (Å²) in [5.74, 6) is -7.51. The van der Waals surface area contributed by atoms with Gasteiger partial charge in [-0.25, -0.2) is 0 Å². The zero-order chi connectivity index (χ0) is 48.4. The lowest BCUT2D eigenvalue weighted by Gasteiger charge is -2.45. The van der Waals surface area contributed by atoms with Crippen molar-refractivity contribution < 1.29 is 84.4 Å². The van der Waals surface area contributed by atoms with Crippen molar-refractivity contribution in [2.24, 2.45) is 23.5 Å². The Morgan fingerprint density at radius 1 is 0.692 bits per heavy atom. The van der Waals surface area contributed by atoms with Crippen LogP contribution in [0, 0.1) is 17.8 Å². The van der Waals surface area contributed by atoms with Crippen molar-refractivity contribution in [3.8, 4) is 0 Å². The van der Waals surface area contributed by atoms with Crippen LogP contribution in [-0.4, -0.2) is 160 Å². The Bertz CT molecular complexity index is 1710. The van der Waals surface area contributed by atoms with Gasteiger partial charge in [-0.2, -0.15) is 0 Å². The number of aliphatic hydroxyl groups excluding tert-OH is 8. The first-order valence-corrected chi connectivity index (χ1v) is 22.2. The third kappa shape index (κ3) is 18.5. The lowest BCUT2D eigenvalue weighted by atomic mass is 9.82. The van der Waals surface area contributed by atoms with E-state index in [1.54, 1.807) is 86.8 Å². The number of allylic oxidation sites excluding steroid dienone is 12. The van der Waals surface area contributed by atoms with Crippen molar-refractivity contribution in [3.05, 3.63) is 85.1 Å². The summed E-state index contributed by atoms with van der Waals surface area (Å²) in [7, 11) is 0. The van der Waals surface area contributed by atoms with Crippen molar-refractivity contribution in [2.75, 3.05) is 0 Å². The van der Waals surface area contributed by atoms with Gasteiger partial charge in [-0.05, 0) is 20.3 Å². The van der Waals surface area contributed by atoms with Gasteiger partial charge in [0, 0.05) is 50.4 Å². The molecule has 0 saturated carbocycles. The molecule has 0 aromatic carbocycles. The second-order valence-electron chi connectivity index (χ2n) is 17.4. The van der Waals surface area contributed by atoms with Gasteiger partial charge in [0.15, 0.2) is 12.1 Å². The maximum atomic E-state index is 12.7. The molecule has 18 heteroatoms. The molecule has 65 heavy (non-hydrogen) atoms. The molecule has 0 unspecified atom stereocenters. The fraction of sp³-hybridized carbons (Fsp3) is 0.638. The van der Waals surface area contributed by atoms with Gasteiger partial charge in [0.25, 0.3) is 0 Å². The van der Waals surface area contributed by atoms with E-state index in [4.69, 9.17) is 24.7 Å². The average Bonchev–Trinajstić information content (AvgIpc) is 3.21. The molecule has 0 aliphatic carbocycles. The van der Waals surface area contributed by atoms with Gasteiger partial charge >= 0.3 is 11.9 Å². The number of esters is 1. The number of nitrogens with two attached hydrogens (primary N) is 1. The van der Waals surface area contributed by atoms with Crippen LogP contribution >= 0.6 is 0 Å². The maximum Gasteiger partial charge on any atom is 0.311 e. The van der Waals surface area contributed by atoms with Crippen LogP contribution in [0.3, 0.4) is 0 Å². The number of aliphatic hydroxyl groups is 9. The molecule has 3 heterocycles. The van der Waals surface area contributed by atoms with Crippen LogP contribution in [0.1, 0.15) is 79.1 Å². The minimum atomic E-state index is -2.38. The highest BCUT2D eigenvalue weighted by Crippen LogP contribution is 2.38. The summed E-state index contributed by atoms with van der Waals surface area (Å²) < 4.78 is 23.1. The molecular weight excluding hydrogens is 851 g/mol. The number of Topliss-reactive ketones (excluding diaryl/α,β-unsaturated/α-hetero) is 1. The van der Waals surface area contributed by atoms with Crippen molar-refractivity contribution in [2.45, 2.75) is 170 Å². The zero-order valence-corrected chi connectivity index (χ0v) is 37.5. The zero-order valence-electron chi connectivity index (χ0n) is 37.5. The first kappa shape index (κ1) is 55.6.